The SMILES string of the molecule is CC(C)N(CC(=O)C1CCCN1C(=O)CN)C(=O)OC1=CCC([N+](=O)[O-])C=C1. The molecule has 0 aromatic carbocycles. The van der Waals surface area contributed by atoms with Gasteiger partial charge in [0.15, 0.2) is 5.78 Å². The third kappa shape index (κ3) is 5.16. The highest BCUT2D eigenvalue weighted by Crippen LogP contribution is 2.20. The molecule has 2 N–H and O–H groups in total. The van der Waals surface area contributed by atoms with Crippen molar-refractivity contribution >= 4 is 17.8 Å². The first-order chi connectivity index (χ1) is 13.2. The van der Waals surface area contributed by atoms with Gasteiger partial charge in [0.1, 0.15) is 5.76 Å². The molecule has 2 amide bonds. The number of amides is 2. The first-order valence-corrected chi connectivity index (χ1v) is 9.27. The van der Waals surface area contributed by atoms with E-state index in [0.29, 0.717) is 19.4 Å². The van der Waals surface area contributed by atoms with E-state index in [-0.39, 0.29) is 43.0 Å². The molecule has 2 unspecified atom stereocenters. The molecule has 0 aromatic heterocycles. The normalized spacial score (nSPS) is 21.4. The van der Waals surface area contributed by atoms with E-state index in [1.165, 1.54) is 28.0 Å². The largest absolute Gasteiger partial charge is 0.415 e. The molecule has 0 aromatic rings. The van der Waals surface area contributed by atoms with Gasteiger partial charge in [-0.2, -0.15) is 0 Å². The molecule has 2 atom stereocenters. The second-order valence-corrected chi connectivity index (χ2v) is 7.06. The number of hydrogen-bond donors (Lipinski definition) is 1. The van der Waals surface area contributed by atoms with Crippen LogP contribution in [0.25, 0.3) is 0 Å². The van der Waals surface area contributed by atoms with Crippen molar-refractivity contribution in [3.63, 3.8) is 0 Å². The van der Waals surface area contributed by atoms with Crippen molar-refractivity contribution in [3.05, 3.63) is 34.1 Å². The molecule has 2 aliphatic rings. The summed E-state index contributed by atoms with van der Waals surface area (Å²) in [5.41, 5.74) is 5.40. The predicted molar refractivity (Wildman–Crippen MR) is 99.7 cm³/mol. The maximum absolute atomic E-state index is 12.7. The van der Waals surface area contributed by atoms with Crippen LogP contribution in [0, 0.1) is 10.1 Å². The van der Waals surface area contributed by atoms with Crippen molar-refractivity contribution in [2.45, 2.75) is 51.2 Å². The zero-order valence-electron chi connectivity index (χ0n) is 16.1. The van der Waals surface area contributed by atoms with Gasteiger partial charge >= 0.3 is 6.09 Å². The smallest absolute Gasteiger partial charge is 0.411 e. The van der Waals surface area contributed by atoms with E-state index in [1.54, 1.807) is 13.8 Å². The zero-order chi connectivity index (χ0) is 20.8. The highest BCUT2D eigenvalue weighted by Gasteiger charge is 2.35. The summed E-state index contributed by atoms with van der Waals surface area (Å²) in [5, 5.41) is 10.8. The minimum Gasteiger partial charge on any atom is -0.411 e. The molecular weight excluding hydrogens is 368 g/mol. The van der Waals surface area contributed by atoms with Gasteiger partial charge in [-0.3, -0.25) is 24.6 Å². The lowest BCUT2D eigenvalue weighted by Gasteiger charge is -2.29. The third-order valence-electron chi connectivity index (χ3n) is 4.82. The Bertz CT molecular complexity index is 702. The molecule has 28 heavy (non-hydrogen) atoms. The summed E-state index contributed by atoms with van der Waals surface area (Å²) in [4.78, 5) is 50.2. The number of hydrogen-bond acceptors (Lipinski definition) is 7. The van der Waals surface area contributed by atoms with E-state index in [2.05, 4.69) is 0 Å². The average molecular weight is 394 g/mol. The number of likely N-dealkylation sites (tertiary alicyclic amines) is 1. The highest BCUT2D eigenvalue weighted by molar-refractivity contribution is 5.93. The first kappa shape index (κ1) is 21.5. The van der Waals surface area contributed by atoms with Crippen molar-refractivity contribution < 1.29 is 24.0 Å². The van der Waals surface area contributed by atoms with Gasteiger partial charge in [0.25, 0.3) is 0 Å². The van der Waals surface area contributed by atoms with E-state index in [9.17, 15) is 24.5 Å². The maximum Gasteiger partial charge on any atom is 0.415 e. The fraction of sp³-hybridized carbons (Fsp3) is 0.611. The van der Waals surface area contributed by atoms with Gasteiger partial charge in [-0.05, 0) is 44.9 Å². The van der Waals surface area contributed by atoms with Crippen LogP contribution in [0.4, 0.5) is 4.79 Å². The van der Waals surface area contributed by atoms with Crippen LogP contribution < -0.4 is 5.73 Å². The Morgan fingerprint density at radius 3 is 2.68 bits per heavy atom. The zero-order valence-corrected chi connectivity index (χ0v) is 16.1. The summed E-state index contributed by atoms with van der Waals surface area (Å²) >= 11 is 0. The van der Waals surface area contributed by atoms with Crippen molar-refractivity contribution in [2.75, 3.05) is 19.6 Å². The van der Waals surface area contributed by atoms with Crippen LogP contribution in [-0.2, 0) is 14.3 Å². The number of carbonyl (C=O) groups excluding carboxylic acids is 3. The van der Waals surface area contributed by atoms with Gasteiger partial charge < -0.3 is 15.4 Å². The van der Waals surface area contributed by atoms with Crippen LogP contribution in [-0.4, -0.2) is 70.3 Å². The summed E-state index contributed by atoms with van der Waals surface area (Å²) < 4.78 is 5.29. The quantitative estimate of drug-likeness (QED) is 0.499. The van der Waals surface area contributed by atoms with E-state index in [4.69, 9.17) is 10.5 Å². The summed E-state index contributed by atoms with van der Waals surface area (Å²) in [7, 11) is 0. The molecule has 0 bridgehead atoms. The van der Waals surface area contributed by atoms with E-state index in [1.807, 2.05) is 0 Å². The molecule has 154 valence electrons. The number of ether oxygens (including phenoxy) is 1. The average Bonchev–Trinajstić information content (AvgIpc) is 3.15. The number of nitro groups is 1. The third-order valence-corrected chi connectivity index (χ3v) is 4.82. The second-order valence-electron chi connectivity index (χ2n) is 7.06. The van der Waals surface area contributed by atoms with Crippen molar-refractivity contribution in [2.24, 2.45) is 5.73 Å². The Balaban J connectivity index is 2.00. The Kier molecular flexibility index (Phi) is 7.27. The van der Waals surface area contributed by atoms with Gasteiger partial charge in [-0.25, -0.2) is 4.79 Å². The minimum absolute atomic E-state index is 0.130. The summed E-state index contributed by atoms with van der Waals surface area (Å²) in [5.74, 6) is -0.319. The Labute approximate surface area is 163 Å². The van der Waals surface area contributed by atoms with Crippen molar-refractivity contribution in [1.82, 2.24) is 9.80 Å². The van der Waals surface area contributed by atoms with Crippen molar-refractivity contribution in [3.8, 4) is 0 Å². The minimum atomic E-state index is -0.835. The number of nitrogens with zero attached hydrogens (tertiary/aromatic N) is 3. The molecule has 1 aliphatic carbocycles. The highest BCUT2D eigenvalue weighted by atomic mass is 16.6. The first-order valence-electron chi connectivity index (χ1n) is 9.27. The molecule has 10 heteroatoms. The molecule has 0 spiro atoms. The lowest BCUT2D eigenvalue weighted by atomic mass is 10.1. The number of nitrogens with two attached hydrogens (primary N) is 1. The molecule has 1 saturated heterocycles. The molecule has 0 saturated carbocycles. The Hall–Kier alpha value is -2.75. The molecule has 1 heterocycles. The Morgan fingerprint density at radius 1 is 1.43 bits per heavy atom. The summed E-state index contributed by atoms with van der Waals surface area (Å²) in [6.07, 6.45) is 4.89. The summed E-state index contributed by atoms with van der Waals surface area (Å²) in [6.45, 7) is 3.63. The molecule has 0 radical (unpaired) electrons. The van der Waals surface area contributed by atoms with E-state index in [0.717, 1.165) is 0 Å². The molecule has 2 rings (SSSR count). The standard InChI is InChI=1S/C18H26N4O6/c1-12(2)21(11-16(23)15-4-3-9-20(15)17(24)10-19)18(25)28-14-7-5-13(6-8-14)22(26)27/h5,7-8,12-13,15H,3-4,6,9-11,19H2,1-2H3. The van der Waals surface area contributed by atoms with Crippen LogP contribution in [0.15, 0.2) is 24.0 Å². The number of ketones is 1. The van der Waals surface area contributed by atoms with Gasteiger partial charge in [0.05, 0.1) is 19.1 Å². The molecule has 1 fully saturated rings. The van der Waals surface area contributed by atoms with Gasteiger partial charge in [0, 0.05) is 23.9 Å². The molecular formula is C18H26N4O6. The van der Waals surface area contributed by atoms with Gasteiger partial charge in [0.2, 0.25) is 11.9 Å². The van der Waals surface area contributed by atoms with Crippen LogP contribution in [0.1, 0.15) is 33.1 Å². The fourth-order valence-electron chi connectivity index (χ4n) is 3.23. The topological polar surface area (TPSA) is 136 Å². The van der Waals surface area contributed by atoms with E-state index >= 15 is 0 Å². The Morgan fingerprint density at radius 2 is 2.14 bits per heavy atom. The molecule has 10 nitrogen and oxygen atoms in total. The lowest BCUT2D eigenvalue weighted by Crippen LogP contribution is -2.49. The maximum atomic E-state index is 12.7. The number of allylic oxidation sites excluding steroid dienone is 1. The molecule has 1 aliphatic heterocycles. The van der Waals surface area contributed by atoms with Gasteiger partial charge in [-0.15, -0.1) is 0 Å². The van der Waals surface area contributed by atoms with Crippen LogP contribution >= 0.6 is 0 Å². The van der Waals surface area contributed by atoms with Gasteiger partial charge in [-0.1, -0.05) is 0 Å². The monoisotopic (exact) mass is 394 g/mol. The number of rotatable bonds is 7. The number of carbonyl (C=O) groups is 3. The predicted octanol–water partition coefficient (Wildman–Crippen LogP) is 0.841. The van der Waals surface area contributed by atoms with Crippen LogP contribution in [0.3, 0.4) is 0 Å². The van der Waals surface area contributed by atoms with Crippen LogP contribution in [0.2, 0.25) is 0 Å². The fourth-order valence-corrected chi connectivity index (χ4v) is 3.23. The van der Waals surface area contributed by atoms with E-state index < -0.39 is 23.1 Å². The number of Topliss-reactive ketones (excluding diaryl/α,β-unsaturated/α-hetero) is 1. The van der Waals surface area contributed by atoms with Crippen molar-refractivity contribution in [1.29, 1.82) is 0 Å². The van der Waals surface area contributed by atoms with Crippen LogP contribution in [0.5, 0.6) is 0 Å². The lowest BCUT2D eigenvalue weighted by molar-refractivity contribution is -0.508. The summed E-state index contributed by atoms with van der Waals surface area (Å²) in [6, 6.07) is -1.73. The second kappa shape index (κ2) is 9.45.